The fourth-order valence-corrected chi connectivity index (χ4v) is 2.33. The quantitative estimate of drug-likeness (QED) is 0.718. The van der Waals surface area contributed by atoms with Gasteiger partial charge in [-0.05, 0) is 36.4 Å². The molecular weight excluding hydrogens is 308 g/mol. The highest BCUT2D eigenvalue weighted by atomic mass is 16.5. The van der Waals surface area contributed by atoms with Crippen LogP contribution < -0.4 is 14.2 Å². The lowest BCUT2D eigenvalue weighted by molar-refractivity contribution is 0.324. The Hall–Kier alpha value is -3.09. The molecule has 0 atom stereocenters. The van der Waals surface area contributed by atoms with E-state index in [4.69, 9.17) is 14.2 Å². The Morgan fingerprint density at radius 2 is 1.50 bits per heavy atom. The second-order valence-electron chi connectivity index (χ2n) is 5.15. The highest BCUT2D eigenvalue weighted by Gasteiger charge is 2.16. The summed E-state index contributed by atoms with van der Waals surface area (Å²) in [6.45, 7) is 2.03. The first kappa shape index (κ1) is 15.8. The summed E-state index contributed by atoms with van der Waals surface area (Å²) in [6, 6.07) is 11.5. The number of hydrogen-bond acceptors (Lipinski definition) is 6. The SMILES string of the molecule is COc1cc(-c2nnn(-c3ccc(C)cc3)n2)cc(OC)c1OC. The third-order valence-corrected chi connectivity index (χ3v) is 3.60. The van der Waals surface area contributed by atoms with Crippen LogP contribution in [0.15, 0.2) is 36.4 Å². The van der Waals surface area contributed by atoms with E-state index in [9.17, 15) is 0 Å². The summed E-state index contributed by atoms with van der Waals surface area (Å²) in [7, 11) is 4.70. The zero-order valence-corrected chi connectivity index (χ0v) is 14.0. The second-order valence-corrected chi connectivity index (χ2v) is 5.15. The topological polar surface area (TPSA) is 71.3 Å². The van der Waals surface area contributed by atoms with E-state index in [1.165, 1.54) is 10.4 Å². The molecule has 7 heteroatoms. The molecule has 124 valence electrons. The zero-order chi connectivity index (χ0) is 17.1. The number of aromatic nitrogens is 4. The molecule has 0 unspecified atom stereocenters. The normalized spacial score (nSPS) is 10.5. The van der Waals surface area contributed by atoms with E-state index >= 15 is 0 Å². The van der Waals surface area contributed by atoms with Gasteiger partial charge in [-0.25, -0.2) is 0 Å². The molecule has 0 fully saturated rings. The van der Waals surface area contributed by atoms with Crippen molar-refractivity contribution in [3.63, 3.8) is 0 Å². The van der Waals surface area contributed by atoms with E-state index in [1.54, 1.807) is 33.5 Å². The minimum atomic E-state index is 0.467. The molecule has 0 saturated carbocycles. The number of nitrogens with zero attached hydrogens (tertiary/aromatic N) is 4. The number of methoxy groups -OCH3 is 3. The van der Waals surface area contributed by atoms with Crippen molar-refractivity contribution in [2.75, 3.05) is 21.3 Å². The molecule has 0 aliphatic carbocycles. The van der Waals surface area contributed by atoms with Gasteiger partial charge in [-0.3, -0.25) is 0 Å². The third-order valence-electron chi connectivity index (χ3n) is 3.60. The van der Waals surface area contributed by atoms with Crippen LogP contribution in [0, 0.1) is 6.92 Å². The lowest BCUT2D eigenvalue weighted by atomic mass is 10.1. The predicted octanol–water partition coefficient (Wildman–Crippen LogP) is 2.66. The van der Waals surface area contributed by atoms with Crippen LogP contribution in [0.1, 0.15) is 5.56 Å². The fraction of sp³-hybridized carbons (Fsp3) is 0.235. The molecule has 1 heterocycles. The summed E-state index contributed by atoms with van der Waals surface area (Å²) >= 11 is 0. The molecule has 0 aliphatic rings. The van der Waals surface area contributed by atoms with Crippen molar-refractivity contribution in [3.8, 4) is 34.3 Å². The zero-order valence-electron chi connectivity index (χ0n) is 14.0. The minimum absolute atomic E-state index is 0.467. The highest BCUT2D eigenvalue weighted by molar-refractivity contribution is 5.66. The Kier molecular flexibility index (Phi) is 4.33. The van der Waals surface area contributed by atoms with Crippen LogP contribution >= 0.6 is 0 Å². The summed E-state index contributed by atoms with van der Waals surface area (Å²) < 4.78 is 16.0. The summed E-state index contributed by atoms with van der Waals surface area (Å²) in [4.78, 5) is 1.48. The minimum Gasteiger partial charge on any atom is -0.493 e. The van der Waals surface area contributed by atoms with Crippen molar-refractivity contribution in [3.05, 3.63) is 42.0 Å². The average molecular weight is 326 g/mol. The summed E-state index contributed by atoms with van der Waals surface area (Å²) in [5.41, 5.74) is 2.73. The van der Waals surface area contributed by atoms with Gasteiger partial charge in [0, 0.05) is 5.56 Å². The van der Waals surface area contributed by atoms with Crippen LogP contribution in [-0.4, -0.2) is 41.5 Å². The molecule has 0 spiro atoms. The van der Waals surface area contributed by atoms with Crippen molar-refractivity contribution < 1.29 is 14.2 Å². The molecule has 0 saturated heterocycles. The Bertz CT molecular complexity index is 818. The van der Waals surface area contributed by atoms with Gasteiger partial charge in [0.05, 0.1) is 27.0 Å². The highest BCUT2D eigenvalue weighted by Crippen LogP contribution is 2.40. The van der Waals surface area contributed by atoms with E-state index in [0.717, 1.165) is 11.3 Å². The Labute approximate surface area is 139 Å². The smallest absolute Gasteiger partial charge is 0.205 e. The monoisotopic (exact) mass is 326 g/mol. The number of rotatable bonds is 5. The van der Waals surface area contributed by atoms with E-state index < -0.39 is 0 Å². The Balaban J connectivity index is 2.02. The summed E-state index contributed by atoms with van der Waals surface area (Å²) in [5.74, 6) is 2.07. The van der Waals surface area contributed by atoms with Gasteiger partial charge in [-0.2, -0.15) is 0 Å². The number of hydrogen-bond donors (Lipinski definition) is 0. The average Bonchev–Trinajstić information content (AvgIpc) is 3.11. The van der Waals surface area contributed by atoms with Crippen molar-refractivity contribution >= 4 is 0 Å². The number of tetrazole rings is 1. The molecule has 1 aromatic heterocycles. The number of aryl methyl sites for hydroxylation is 1. The molecule has 7 nitrogen and oxygen atoms in total. The maximum atomic E-state index is 5.36. The van der Waals surface area contributed by atoms with Gasteiger partial charge in [-0.15, -0.1) is 15.0 Å². The van der Waals surface area contributed by atoms with E-state index in [1.807, 2.05) is 31.2 Å². The maximum absolute atomic E-state index is 5.36. The van der Waals surface area contributed by atoms with E-state index in [0.29, 0.717) is 23.1 Å². The number of ether oxygens (including phenoxy) is 3. The van der Waals surface area contributed by atoms with Gasteiger partial charge in [0.25, 0.3) is 0 Å². The van der Waals surface area contributed by atoms with Gasteiger partial charge in [0.1, 0.15) is 0 Å². The Morgan fingerprint density at radius 3 is 2.04 bits per heavy atom. The molecular formula is C17H18N4O3. The molecule has 3 rings (SSSR count). The van der Waals surface area contributed by atoms with Crippen molar-refractivity contribution in [2.24, 2.45) is 0 Å². The lowest BCUT2D eigenvalue weighted by Crippen LogP contribution is -1.99. The van der Waals surface area contributed by atoms with Gasteiger partial charge in [0.2, 0.25) is 11.6 Å². The molecule has 24 heavy (non-hydrogen) atoms. The largest absolute Gasteiger partial charge is 0.493 e. The van der Waals surface area contributed by atoms with Crippen molar-refractivity contribution in [2.45, 2.75) is 6.92 Å². The van der Waals surface area contributed by atoms with Gasteiger partial charge in [-0.1, -0.05) is 17.7 Å². The summed E-state index contributed by atoms with van der Waals surface area (Å²) in [5, 5.41) is 12.7. The predicted molar refractivity (Wildman–Crippen MR) is 89.0 cm³/mol. The van der Waals surface area contributed by atoms with Crippen LogP contribution in [0.3, 0.4) is 0 Å². The molecule has 0 radical (unpaired) electrons. The van der Waals surface area contributed by atoms with Crippen LogP contribution in [0.4, 0.5) is 0 Å². The van der Waals surface area contributed by atoms with Crippen molar-refractivity contribution in [1.82, 2.24) is 20.2 Å². The maximum Gasteiger partial charge on any atom is 0.205 e. The third kappa shape index (κ3) is 2.88. The number of benzene rings is 2. The molecule has 0 N–H and O–H groups in total. The van der Waals surface area contributed by atoms with Crippen molar-refractivity contribution in [1.29, 1.82) is 0 Å². The van der Waals surface area contributed by atoms with Gasteiger partial charge in [0.15, 0.2) is 11.5 Å². The molecule has 2 aromatic carbocycles. The second kappa shape index (κ2) is 6.57. The Morgan fingerprint density at radius 1 is 0.875 bits per heavy atom. The van der Waals surface area contributed by atoms with Gasteiger partial charge >= 0.3 is 0 Å². The molecule has 3 aromatic rings. The first-order valence-corrected chi connectivity index (χ1v) is 7.33. The van der Waals surface area contributed by atoms with Crippen LogP contribution in [0.25, 0.3) is 17.1 Å². The van der Waals surface area contributed by atoms with Crippen LogP contribution in [-0.2, 0) is 0 Å². The van der Waals surface area contributed by atoms with Crippen LogP contribution in [0.2, 0.25) is 0 Å². The van der Waals surface area contributed by atoms with Crippen LogP contribution in [0.5, 0.6) is 17.2 Å². The van der Waals surface area contributed by atoms with Gasteiger partial charge < -0.3 is 14.2 Å². The fourth-order valence-electron chi connectivity index (χ4n) is 2.33. The van der Waals surface area contributed by atoms with E-state index in [-0.39, 0.29) is 0 Å². The standard InChI is InChI=1S/C17H18N4O3/c1-11-5-7-13(8-6-11)21-19-17(18-20-21)12-9-14(22-2)16(24-4)15(10-12)23-3/h5-10H,1-4H3. The molecule has 0 bridgehead atoms. The summed E-state index contributed by atoms with van der Waals surface area (Å²) in [6.07, 6.45) is 0. The molecule has 0 amide bonds. The molecule has 0 aliphatic heterocycles. The first-order chi connectivity index (χ1) is 11.7. The van der Waals surface area contributed by atoms with E-state index in [2.05, 4.69) is 15.4 Å². The first-order valence-electron chi connectivity index (χ1n) is 7.33. The lowest BCUT2D eigenvalue weighted by Gasteiger charge is -2.12.